The van der Waals surface area contributed by atoms with Crippen molar-refractivity contribution in [2.75, 3.05) is 33.1 Å². The molecule has 0 aromatic heterocycles. The summed E-state index contributed by atoms with van der Waals surface area (Å²) in [6, 6.07) is 7.71. The first-order chi connectivity index (χ1) is 9.28. The largest absolute Gasteiger partial charge is 0.497 e. The molecule has 0 bridgehead atoms. The van der Waals surface area contributed by atoms with Crippen LogP contribution in [0.15, 0.2) is 24.3 Å². The van der Waals surface area contributed by atoms with Crippen LogP contribution in [0.25, 0.3) is 0 Å². The first-order valence-corrected chi connectivity index (χ1v) is 8.03. The molecule has 0 amide bonds. The van der Waals surface area contributed by atoms with Gasteiger partial charge in [-0.05, 0) is 43.4 Å². The molecule has 4 heteroatoms. The molecule has 1 aliphatic carbocycles. The van der Waals surface area contributed by atoms with Gasteiger partial charge in [0.05, 0.1) is 7.11 Å². The van der Waals surface area contributed by atoms with E-state index in [-0.39, 0.29) is 0 Å². The number of hydrogen-bond donors (Lipinski definition) is 1. The van der Waals surface area contributed by atoms with Crippen molar-refractivity contribution in [3.8, 4) is 11.5 Å². The van der Waals surface area contributed by atoms with E-state index in [1.165, 1.54) is 19.3 Å². The van der Waals surface area contributed by atoms with Crippen LogP contribution in [0.1, 0.15) is 19.3 Å². The summed E-state index contributed by atoms with van der Waals surface area (Å²) in [5, 5.41) is 3.50. The fraction of sp³-hybridized carbons (Fsp3) is 0.600. The number of nitrogens with one attached hydrogen (secondary N) is 1. The Morgan fingerprint density at radius 3 is 2.42 bits per heavy atom. The van der Waals surface area contributed by atoms with Crippen LogP contribution in [0, 0.1) is 0 Å². The van der Waals surface area contributed by atoms with Crippen molar-refractivity contribution >= 4 is 11.8 Å². The lowest BCUT2D eigenvalue weighted by molar-refractivity contribution is 0.294. The van der Waals surface area contributed by atoms with E-state index in [4.69, 9.17) is 9.47 Å². The summed E-state index contributed by atoms with van der Waals surface area (Å²) in [6.07, 6.45) is 6.29. The van der Waals surface area contributed by atoms with E-state index in [1.807, 2.05) is 36.0 Å². The Labute approximate surface area is 120 Å². The molecule has 1 aromatic carbocycles. The van der Waals surface area contributed by atoms with Gasteiger partial charge in [0.1, 0.15) is 18.1 Å². The molecule has 0 aliphatic heterocycles. The summed E-state index contributed by atoms with van der Waals surface area (Å²) >= 11 is 2.00. The maximum atomic E-state index is 5.68. The van der Waals surface area contributed by atoms with Gasteiger partial charge in [-0.15, -0.1) is 0 Å². The fourth-order valence-corrected chi connectivity index (χ4v) is 3.20. The highest BCUT2D eigenvalue weighted by atomic mass is 32.2. The Balaban J connectivity index is 1.61. The van der Waals surface area contributed by atoms with Crippen molar-refractivity contribution < 1.29 is 9.47 Å². The Morgan fingerprint density at radius 1 is 1.21 bits per heavy atom. The highest BCUT2D eigenvalue weighted by Gasteiger charge is 2.35. The van der Waals surface area contributed by atoms with Crippen LogP contribution >= 0.6 is 11.8 Å². The van der Waals surface area contributed by atoms with E-state index in [9.17, 15) is 0 Å². The fourth-order valence-electron chi connectivity index (χ4n) is 2.25. The average Bonchev–Trinajstić information content (AvgIpc) is 2.42. The highest BCUT2D eigenvalue weighted by molar-refractivity contribution is 8.00. The number of ether oxygens (including phenoxy) is 2. The van der Waals surface area contributed by atoms with Gasteiger partial charge in [-0.2, -0.15) is 11.8 Å². The van der Waals surface area contributed by atoms with Gasteiger partial charge in [0.15, 0.2) is 0 Å². The second-order valence-electron chi connectivity index (χ2n) is 4.94. The monoisotopic (exact) mass is 281 g/mol. The maximum absolute atomic E-state index is 5.68. The van der Waals surface area contributed by atoms with Crippen molar-refractivity contribution in [2.24, 2.45) is 0 Å². The topological polar surface area (TPSA) is 30.5 Å². The summed E-state index contributed by atoms with van der Waals surface area (Å²) in [4.78, 5) is 0. The number of hydrogen-bond acceptors (Lipinski definition) is 4. The summed E-state index contributed by atoms with van der Waals surface area (Å²) in [6.45, 7) is 2.70. The van der Waals surface area contributed by atoms with Crippen LogP contribution in [0.3, 0.4) is 0 Å². The van der Waals surface area contributed by atoms with Crippen molar-refractivity contribution in [3.05, 3.63) is 24.3 Å². The molecule has 106 valence electrons. The molecular formula is C15H23NO2S. The number of thioether (sulfide) groups is 1. The van der Waals surface area contributed by atoms with Crippen LogP contribution < -0.4 is 14.8 Å². The van der Waals surface area contributed by atoms with Crippen molar-refractivity contribution in [1.29, 1.82) is 0 Å². The summed E-state index contributed by atoms with van der Waals surface area (Å²) < 4.78 is 11.3. The van der Waals surface area contributed by atoms with E-state index in [1.54, 1.807) is 7.11 Å². The van der Waals surface area contributed by atoms with Gasteiger partial charge in [-0.1, -0.05) is 6.42 Å². The molecule has 2 rings (SSSR count). The third kappa shape index (κ3) is 4.05. The second kappa shape index (κ2) is 7.06. The lowest BCUT2D eigenvalue weighted by atomic mass is 9.84. The van der Waals surface area contributed by atoms with Crippen LogP contribution in [0.2, 0.25) is 0 Å². The molecule has 19 heavy (non-hydrogen) atoms. The Bertz CT molecular complexity index is 371. The minimum Gasteiger partial charge on any atom is -0.497 e. The van der Waals surface area contributed by atoms with Crippen molar-refractivity contribution in [3.63, 3.8) is 0 Å². The van der Waals surface area contributed by atoms with Crippen LogP contribution in [0.4, 0.5) is 0 Å². The zero-order valence-electron chi connectivity index (χ0n) is 11.8. The first kappa shape index (κ1) is 14.5. The molecule has 1 aromatic rings. The molecule has 0 saturated heterocycles. The molecule has 0 unspecified atom stereocenters. The standard InChI is InChI=1S/C15H23NO2S/c1-17-13-4-6-14(7-5-13)18-11-10-16-12-15(19-2)8-3-9-15/h4-7,16H,3,8-12H2,1-2H3. The SMILES string of the molecule is COc1ccc(OCCNCC2(SC)CCC2)cc1. The third-order valence-electron chi connectivity index (χ3n) is 3.75. The van der Waals surface area contributed by atoms with Gasteiger partial charge in [0.25, 0.3) is 0 Å². The molecule has 1 fully saturated rings. The highest BCUT2D eigenvalue weighted by Crippen LogP contribution is 2.42. The zero-order chi connectivity index (χ0) is 13.6. The number of benzene rings is 1. The van der Waals surface area contributed by atoms with Crippen LogP contribution in [0.5, 0.6) is 11.5 Å². The normalized spacial score (nSPS) is 16.7. The predicted molar refractivity (Wildman–Crippen MR) is 81.5 cm³/mol. The average molecular weight is 281 g/mol. The van der Waals surface area contributed by atoms with Gasteiger partial charge >= 0.3 is 0 Å². The second-order valence-corrected chi connectivity index (χ2v) is 6.22. The Kier molecular flexibility index (Phi) is 5.40. The maximum Gasteiger partial charge on any atom is 0.119 e. The molecule has 1 saturated carbocycles. The lowest BCUT2D eigenvalue weighted by Gasteiger charge is -2.40. The summed E-state index contributed by atoms with van der Waals surface area (Å²) in [7, 11) is 1.67. The lowest BCUT2D eigenvalue weighted by Crippen LogP contribution is -2.44. The molecule has 3 nitrogen and oxygen atoms in total. The third-order valence-corrected chi connectivity index (χ3v) is 5.17. The Hall–Kier alpha value is -0.870. The molecular weight excluding hydrogens is 258 g/mol. The van der Waals surface area contributed by atoms with Crippen molar-refractivity contribution in [2.45, 2.75) is 24.0 Å². The molecule has 1 N–H and O–H groups in total. The molecule has 0 spiro atoms. The minimum atomic E-state index is 0.500. The minimum absolute atomic E-state index is 0.500. The van der Waals surface area contributed by atoms with Gasteiger partial charge in [-0.3, -0.25) is 0 Å². The molecule has 0 heterocycles. The Morgan fingerprint density at radius 2 is 1.89 bits per heavy atom. The zero-order valence-corrected chi connectivity index (χ0v) is 12.6. The van der Waals surface area contributed by atoms with Crippen LogP contribution in [-0.4, -0.2) is 37.8 Å². The van der Waals surface area contributed by atoms with Gasteiger partial charge < -0.3 is 14.8 Å². The molecule has 0 atom stereocenters. The van der Waals surface area contributed by atoms with E-state index in [2.05, 4.69) is 11.6 Å². The van der Waals surface area contributed by atoms with E-state index in [0.29, 0.717) is 11.4 Å². The molecule has 1 aliphatic rings. The number of rotatable bonds is 8. The smallest absolute Gasteiger partial charge is 0.119 e. The predicted octanol–water partition coefficient (Wildman–Crippen LogP) is 2.95. The summed E-state index contributed by atoms with van der Waals surface area (Å²) in [5.41, 5.74) is 0. The summed E-state index contributed by atoms with van der Waals surface area (Å²) in [5.74, 6) is 1.75. The van der Waals surface area contributed by atoms with Gasteiger partial charge in [0.2, 0.25) is 0 Å². The number of methoxy groups -OCH3 is 1. The van der Waals surface area contributed by atoms with E-state index >= 15 is 0 Å². The van der Waals surface area contributed by atoms with Crippen molar-refractivity contribution in [1.82, 2.24) is 5.32 Å². The van der Waals surface area contributed by atoms with Gasteiger partial charge in [-0.25, -0.2) is 0 Å². The van der Waals surface area contributed by atoms with Crippen LogP contribution in [-0.2, 0) is 0 Å². The van der Waals surface area contributed by atoms with E-state index in [0.717, 1.165) is 24.6 Å². The van der Waals surface area contributed by atoms with Gasteiger partial charge in [0, 0.05) is 17.8 Å². The first-order valence-electron chi connectivity index (χ1n) is 6.81. The molecule has 0 radical (unpaired) electrons. The quantitative estimate of drug-likeness (QED) is 0.742. The van der Waals surface area contributed by atoms with E-state index < -0.39 is 0 Å².